The number of fused-ring (bicyclic) bond motifs is 1. The van der Waals surface area contributed by atoms with E-state index in [1.54, 1.807) is 0 Å². The number of amides is 1. The van der Waals surface area contributed by atoms with Gasteiger partial charge in [-0.15, -0.1) is 0 Å². The number of carbonyl (C=O) groups excluding carboxylic acids is 1. The number of hydrogen-bond donors (Lipinski definition) is 1. The third-order valence-corrected chi connectivity index (χ3v) is 4.08. The summed E-state index contributed by atoms with van der Waals surface area (Å²) in [5.41, 5.74) is 2.07. The highest BCUT2D eigenvalue weighted by Crippen LogP contribution is 2.30. The van der Waals surface area contributed by atoms with E-state index in [0.717, 1.165) is 40.5 Å². The predicted octanol–water partition coefficient (Wildman–Crippen LogP) is 3.40. The van der Waals surface area contributed by atoms with Crippen molar-refractivity contribution in [2.24, 2.45) is 0 Å². The van der Waals surface area contributed by atoms with E-state index in [0.29, 0.717) is 26.2 Å². The fraction of sp³-hybridized carbons (Fsp3) is 0.316. The summed E-state index contributed by atoms with van der Waals surface area (Å²) in [4.78, 5) is 12.1. The van der Waals surface area contributed by atoms with Crippen LogP contribution in [0.25, 0.3) is 0 Å². The van der Waals surface area contributed by atoms with E-state index in [2.05, 4.69) is 5.32 Å². The highest BCUT2D eigenvalue weighted by atomic mass is 35.5. The third-order valence-electron chi connectivity index (χ3n) is 3.83. The number of hydrogen-bond acceptors (Lipinski definition) is 3. The van der Waals surface area contributed by atoms with E-state index in [9.17, 15) is 4.79 Å². The average Bonchev–Trinajstić information content (AvgIpc) is 2.81. The van der Waals surface area contributed by atoms with Crippen LogP contribution in [-0.4, -0.2) is 25.7 Å². The quantitative estimate of drug-likeness (QED) is 0.903. The van der Waals surface area contributed by atoms with Crippen LogP contribution in [0.15, 0.2) is 42.5 Å². The normalized spacial score (nSPS) is 13.2. The Hall–Kier alpha value is -2.20. The van der Waals surface area contributed by atoms with Crippen LogP contribution in [0.5, 0.6) is 11.5 Å². The van der Waals surface area contributed by atoms with Crippen molar-refractivity contribution in [1.29, 1.82) is 0 Å². The number of ether oxygens (including phenoxy) is 2. The molecule has 0 saturated heterocycles. The van der Waals surface area contributed by atoms with Crippen molar-refractivity contribution in [3.63, 3.8) is 0 Å². The fourth-order valence-corrected chi connectivity index (χ4v) is 2.69. The lowest BCUT2D eigenvalue weighted by Gasteiger charge is -2.10. The van der Waals surface area contributed by atoms with Gasteiger partial charge in [0.2, 0.25) is 5.91 Å². The van der Waals surface area contributed by atoms with Crippen molar-refractivity contribution in [3.8, 4) is 11.5 Å². The molecular weight excluding hydrogens is 326 g/mol. The fourth-order valence-electron chi connectivity index (χ4n) is 2.56. The number of carbonyl (C=O) groups is 1. The van der Waals surface area contributed by atoms with Gasteiger partial charge in [0.1, 0.15) is 0 Å². The zero-order chi connectivity index (χ0) is 16.8. The van der Waals surface area contributed by atoms with Gasteiger partial charge in [0.05, 0.1) is 19.6 Å². The van der Waals surface area contributed by atoms with Gasteiger partial charge in [-0.1, -0.05) is 29.8 Å². The van der Waals surface area contributed by atoms with Crippen LogP contribution in [0.2, 0.25) is 5.02 Å². The Morgan fingerprint density at radius 2 is 1.71 bits per heavy atom. The molecule has 126 valence electrons. The molecule has 1 aliphatic heterocycles. The molecule has 0 aliphatic carbocycles. The maximum Gasteiger partial charge on any atom is 0.224 e. The van der Waals surface area contributed by atoms with Crippen LogP contribution in [0.3, 0.4) is 0 Å². The van der Waals surface area contributed by atoms with Crippen LogP contribution in [0.1, 0.15) is 17.5 Å². The van der Waals surface area contributed by atoms with Crippen LogP contribution in [0.4, 0.5) is 0 Å². The summed E-state index contributed by atoms with van der Waals surface area (Å²) < 4.78 is 11.2. The van der Waals surface area contributed by atoms with E-state index in [4.69, 9.17) is 21.1 Å². The molecule has 0 bridgehead atoms. The monoisotopic (exact) mass is 345 g/mol. The molecule has 1 aliphatic rings. The Kier molecular flexibility index (Phi) is 5.59. The summed E-state index contributed by atoms with van der Waals surface area (Å²) in [6.45, 7) is 1.91. The molecule has 2 aromatic carbocycles. The summed E-state index contributed by atoms with van der Waals surface area (Å²) in [6, 6.07) is 13.3. The third kappa shape index (κ3) is 4.65. The molecule has 0 aromatic heterocycles. The lowest BCUT2D eigenvalue weighted by Crippen LogP contribution is -2.27. The standard InChI is InChI=1S/C19H20ClNO3/c20-16-5-2-14(3-6-16)8-9-21-19(22)13-15-4-7-17-18(12-15)24-11-1-10-23-17/h2-7,12H,1,8-11,13H2,(H,21,22). The first-order valence-electron chi connectivity index (χ1n) is 8.10. The molecule has 0 saturated carbocycles. The van der Waals surface area contributed by atoms with Crippen molar-refractivity contribution in [2.45, 2.75) is 19.3 Å². The number of halogens is 1. The Balaban J connectivity index is 1.49. The van der Waals surface area contributed by atoms with Gasteiger partial charge in [0, 0.05) is 18.0 Å². The molecular formula is C19H20ClNO3. The lowest BCUT2D eigenvalue weighted by molar-refractivity contribution is -0.120. The van der Waals surface area contributed by atoms with E-state index in [-0.39, 0.29) is 5.91 Å². The minimum Gasteiger partial charge on any atom is -0.490 e. The molecule has 0 atom stereocenters. The first kappa shape index (κ1) is 16.7. The van der Waals surface area contributed by atoms with Crippen LogP contribution in [-0.2, 0) is 17.6 Å². The molecule has 4 nitrogen and oxygen atoms in total. The van der Waals surface area contributed by atoms with Crippen LogP contribution < -0.4 is 14.8 Å². The van der Waals surface area contributed by atoms with Crippen LogP contribution in [0, 0.1) is 0 Å². The van der Waals surface area contributed by atoms with E-state index in [1.807, 2.05) is 42.5 Å². The number of rotatable bonds is 5. The number of nitrogens with one attached hydrogen (secondary N) is 1. The summed E-state index contributed by atoms with van der Waals surface area (Å²) in [6.07, 6.45) is 1.98. The van der Waals surface area contributed by atoms with Gasteiger partial charge in [-0.05, 0) is 41.8 Å². The second-order valence-electron chi connectivity index (χ2n) is 5.73. The summed E-state index contributed by atoms with van der Waals surface area (Å²) in [5.74, 6) is 1.47. The Morgan fingerprint density at radius 1 is 1.00 bits per heavy atom. The summed E-state index contributed by atoms with van der Waals surface area (Å²) in [5, 5.41) is 3.66. The molecule has 24 heavy (non-hydrogen) atoms. The molecule has 1 heterocycles. The van der Waals surface area contributed by atoms with Crippen molar-refractivity contribution < 1.29 is 14.3 Å². The second-order valence-corrected chi connectivity index (χ2v) is 6.17. The van der Waals surface area contributed by atoms with Gasteiger partial charge in [-0.3, -0.25) is 4.79 Å². The van der Waals surface area contributed by atoms with Crippen LogP contribution >= 0.6 is 11.6 Å². The molecule has 0 spiro atoms. The van der Waals surface area contributed by atoms with Gasteiger partial charge in [-0.25, -0.2) is 0 Å². The van der Waals surface area contributed by atoms with Crippen molar-refractivity contribution in [1.82, 2.24) is 5.32 Å². The molecule has 0 unspecified atom stereocenters. The molecule has 1 N–H and O–H groups in total. The van der Waals surface area contributed by atoms with Gasteiger partial charge in [0.15, 0.2) is 11.5 Å². The van der Waals surface area contributed by atoms with Gasteiger partial charge >= 0.3 is 0 Å². The molecule has 0 fully saturated rings. The van der Waals surface area contributed by atoms with E-state index in [1.165, 1.54) is 0 Å². The van der Waals surface area contributed by atoms with E-state index < -0.39 is 0 Å². The topological polar surface area (TPSA) is 47.6 Å². The van der Waals surface area contributed by atoms with Gasteiger partial charge < -0.3 is 14.8 Å². The maximum atomic E-state index is 12.1. The van der Waals surface area contributed by atoms with E-state index >= 15 is 0 Å². The first-order valence-corrected chi connectivity index (χ1v) is 8.48. The Morgan fingerprint density at radius 3 is 2.50 bits per heavy atom. The molecule has 5 heteroatoms. The molecule has 2 aromatic rings. The highest BCUT2D eigenvalue weighted by molar-refractivity contribution is 6.30. The smallest absolute Gasteiger partial charge is 0.224 e. The first-order chi connectivity index (χ1) is 11.7. The largest absolute Gasteiger partial charge is 0.490 e. The maximum absolute atomic E-state index is 12.1. The van der Waals surface area contributed by atoms with Crippen molar-refractivity contribution in [3.05, 3.63) is 58.6 Å². The van der Waals surface area contributed by atoms with Gasteiger partial charge in [-0.2, -0.15) is 0 Å². The van der Waals surface area contributed by atoms with Crippen molar-refractivity contribution >= 4 is 17.5 Å². The van der Waals surface area contributed by atoms with Gasteiger partial charge in [0.25, 0.3) is 0 Å². The Labute approximate surface area is 146 Å². The average molecular weight is 346 g/mol. The second kappa shape index (κ2) is 8.06. The summed E-state index contributed by atoms with van der Waals surface area (Å²) in [7, 11) is 0. The minimum absolute atomic E-state index is 0.00143. The zero-order valence-corrected chi connectivity index (χ0v) is 14.1. The number of benzene rings is 2. The molecule has 0 radical (unpaired) electrons. The lowest BCUT2D eigenvalue weighted by atomic mass is 10.1. The minimum atomic E-state index is -0.00143. The van der Waals surface area contributed by atoms with Crippen molar-refractivity contribution in [2.75, 3.05) is 19.8 Å². The SMILES string of the molecule is O=C(Cc1ccc2c(c1)OCCCO2)NCCc1ccc(Cl)cc1. The highest BCUT2D eigenvalue weighted by Gasteiger charge is 2.12. The predicted molar refractivity (Wildman–Crippen MR) is 93.9 cm³/mol. The summed E-state index contributed by atoms with van der Waals surface area (Å²) >= 11 is 5.86. The Bertz CT molecular complexity index is 700. The molecule has 3 rings (SSSR count). The zero-order valence-electron chi connectivity index (χ0n) is 13.4. The molecule has 1 amide bonds.